The largest absolute Gasteiger partial charge is 0.349 e. The Morgan fingerprint density at radius 2 is 2.29 bits per heavy atom. The van der Waals surface area contributed by atoms with E-state index in [1.54, 1.807) is 22.7 Å². The summed E-state index contributed by atoms with van der Waals surface area (Å²) < 4.78 is 0. The van der Waals surface area contributed by atoms with Crippen LogP contribution >= 0.6 is 22.7 Å². The van der Waals surface area contributed by atoms with E-state index >= 15 is 0 Å². The van der Waals surface area contributed by atoms with Gasteiger partial charge in [-0.3, -0.25) is 4.79 Å². The monoisotopic (exact) mass is 265 g/mol. The van der Waals surface area contributed by atoms with Gasteiger partial charge in [0.2, 0.25) is 5.91 Å². The molecule has 2 rings (SSSR count). The lowest BCUT2D eigenvalue weighted by atomic mass is 10.2. The highest BCUT2D eigenvalue weighted by molar-refractivity contribution is 7.10. The van der Waals surface area contributed by atoms with Crippen molar-refractivity contribution in [3.05, 3.63) is 44.8 Å². The van der Waals surface area contributed by atoms with Crippen molar-refractivity contribution in [2.45, 2.75) is 25.8 Å². The molecule has 0 spiro atoms. The van der Waals surface area contributed by atoms with Crippen LogP contribution in [-0.4, -0.2) is 5.91 Å². The lowest BCUT2D eigenvalue weighted by molar-refractivity contribution is -0.121. The van der Waals surface area contributed by atoms with Gasteiger partial charge < -0.3 is 5.32 Å². The second-order valence-corrected chi connectivity index (χ2v) is 5.70. The fraction of sp³-hybridized carbons (Fsp3) is 0.308. The van der Waals surface area contributed by atoms with E-state index in [1.165, 1.54) is 10.4 Å². The molecule has 1 N–H and O–H groups in total. The van der Waals surface area contributed by atoms with Crippen LogP contribution in [0.2, 0.25) is 0 Å². The molecule has 0 aliphatic carbocycles. The Hall–Kier alpha value is -1.13. The predicted octanol–water partition coefficient (Wildman–Crippen LogP) is 3.62. The Morgan fingerprint density at radius 1 is 1.41 bits per heavy atom. The van der Waals surface area contributed by atoms with E-state index in [0.717, 1.165) is 6.42 Å². The van der Waals surface area contributed by atoms with E-state index < -0.39 is 0 Å². The van der Waals surface area contributed by atoms with Crippen molar-refractivity contribution in [3.8, 4) is 0 Å². The number of hydrogen-bond acceptors (Lipinski definition) is 3. The van der Waals surface area contributed by atoms with Crippen LogP contribution in [0.25, 0.3) is 0 Å². The van der Waals surface area contributed by atoms with Crippen LogP contribution in [-0.2, 0) is 11.2 Å². The molecule has 17 heavy (non-hydrogen) atoms. The standard InChI is InChI=1S/C13H15NOS2/c1-10(12-3-2-7-17-12)14-13(15)5-4-11-6-8-16-9-11/h2-3,6-10H,4-5H2,1H3,(H,14,15). The van der Waals surface area contributed by atoms with Crippen molar-refractivity contribution in [3.63, 3.8) is 0 Å². The number of aryl methyl sites for hydroxylation is 1. The maximum atomic E-state index is 11.7. The molecule has 2 aromatic rings. The summed E-state index contributed by atoms with van der Waals surface area (Å²) in [6.07, 6.45) is 1.39. The van der Waals surface area contributed by atoms with E-state index in [0.29, 0.717) is 6.42 Å². The first-order valence-corrected chi connectivity index (χ1v) is 7.42. The molecular formula is C13H15NOS2. The third-order valence-electron chi connectivity index (χ3n) is 2.57. The number of amides is 1. The topological polar surface area (TPSA) is 29.1 Å². The van der Waals surface area contributed by atoms with Gasteiger partial charge in [0.1, 0.15) is 0 Å². The predicted molar refractivity (Wildman–Crippen MR) is 73.5 cm³/mol. The summed E-state index contributed by atoms with van der Waals surface area (Å²) in [5.74, 6) is 0.122. The van der Waals surface area contributed by atoms with Crippen LogP contribution in [0.15, 0.2) is 34.3 Å². The molecule has 2 aromatic heterocycles. The summed E-state index contributed by atoms with van der Waals surface area (Å²) in [4.78, 5) is 12.9. The van der Waals surface area contributed by atoms with Gasteiger partial charge in [-0.2, -0.15) is 11.3 Å². The van der Waals surface area contributed by atoms with Gasteiger partial charge in [-0.1, -0.05) is 6.07 Å². The van der Waals surface area contributed by atoms with Crippen LogP contribution in [0.4, 0.5) is 0 Å². The third-order valence-corrected chi connectivity index (χ3v) is 4.36. The number of rotatable bonds is 5. The summed E-state index contributed by atoms with van der Waals surface area (Å²) in [5, 5.41) is 9.19. The molecule has 2 nitrogen and oxygen atoms in total. The molecule has 0 radical (unpaired) electrons. The maximum absolute atomic E-state index is 11.7. The molecule has 2 heterocycles. The maximum Gasteiger partial charge on any atom is 0.220 e. The summed E-state index contributed by atoms with van der Waals surface area (Å²) in [7, 11) is 0. The number of carbonyl (C=O) groups is 1. The molecule has 0 saturated heterocycles. The molecular weight excluding hydrogens is 250 g/mol. The van der Waals surface area contributed by atoms with Crippen molar-refractivity contribution in [1.29, 1.82) is 0 Å². The van der Waals surface area contributed by atoms with Crippen molar-refractivity contribution in [2.24, 2.45) is 0 Å². The summed E-state index contributed by atoms with van der Waals surface area (Å²) in [5.41, 5.74) is 1.24. The quantitative estimate of drug-likeness (QED) is 0.879. The zero-order valence-electron chi connectivity index (χ0n) is 9.68. The smallest absolute Gasteiger partial charge is 0.220 e. The van der Waals surface area contributed by atoms with E-state index in [2.05, 4.69) is 22.8 Å². The van der Waals surface area contributed by atoms with E-state index in [9.17, 15) is 4.79 Å². The Bertz CT molecular complexity index is 448. The molecule has 90 valence electrons. The molecule has 0 fully saturated rings. The van der Waals surface area contributed by atoms with Gasteiger partial charge in [0.15, 0.2) is 0 Å². The van der Waals surface area contributed by atoms with Gasteiger partial charge in [-0.05, 0) is 47.2 Å². The first-order valence-electron chi connectivity index (χ1n) is 5.59. The highest BCUT2D eigenvalue weighted by Crippen LogP contribution is 2.18. The molecule has 4 heteroatoms. The summed E-state index contributed by atoms with van der Waals surface area (Å²) in [6.45, 7) is 2.02. The normalized spacial score (nSPS) is 12.3. The minimum absolute atomic E-state index is 0.116. The van der Waals surface area contributed by atoms with Crippen molar-refractivity contribution in [1.82, 2.24) is 5.32 Å². The van der Waals surface area contributed by atoms with Crippen LogP contribution in [0, 0.1) is 0 Å². The minimum atomic E-state index is 0.116. The third kappa shape index (κ3) is 3.68. The Morgan fingerprint density at radius 3 is 2.94 bits per heavy atom. The second-order valence-electron chi connectivity index (χ2n) is 3.94. The van der Waals surface area contributed by atoms with E-state index in [1.807, 2.05) is 23.8 Å². The first kappa shape index (κ1) is 12.3. The summed E-state index contributed by atoms with van der Waals surface area (Å²) >= 11 is 3.35. The molecule has 0 aliphatic rings. The zero-order valence-corrected chi connectivity index (χ0v) is 11.3. The van der Waals surface area contributed by atoms with Crippen LogP contribution in [0.5, 0.6) is 0 Å². The molecule has 1 unspecified atom stereocenters. The molecule has 1 amide bonds. The molecule has 0 aliphatic heterocycles. The van der Waals surface area contributed by atoms with E-state index in [-0.39, 0.29) is 11.9 Å². The molecule has 1 atom stereocenters. The fourth-order valence-corrected chi connectivity index (χ4v) is 3.05. The first-order chi connectivity index (χ1) is 8.25. The van der Waals surface area contributed by atoms with Gasteiger partial charge in [-0.15, -0.1) is 11.3 Å². The Labute approximate surface area is 109 Å². The number of thiophene rings is 2. The average molecular weight is 265 g/mol. The van der Waals surface area contributed by atoms with Gasteiger partial charge in [0, 0.05) is 11.3 Å². The van der Waals surface area contributed by atoms with Crippen LogP contribution < -0.4 is 5.32 Å². The number of carbonyl (C=O) groups excluding carboxylic acids is 1. The van der Waals surface area contributed by atoms with Crippen LogP contribution in [0.1, 0.15) is 29.8 Å². The highest BCUT2D eigenvalue weighted by Gasteiger charge is 2.10. The van der Waals surface area contributed by atoms with Gasteiger partial charge in [0.25, 0.3) is 0 Å². The van der Waals surface area contributed by atoms with Gasteiger partial charge >= 0.3 is 0 Å². The lowest BCUT2D eigenvalue weighted by Crippen LogP contribution is -2.26. The SMILES string of the molecule is CC(NC(=O)CCc1ccsc1)c1cccs1. The van der Waals surface area contributed by atoms with Crippen LogP contribution in [0.3, 0.4) is 0 Å². The zero-order chi connectivity index (χ0) is 12.1. The van der Waals surface area contributed by atoms with E-state index in [4.69, 9.17) is 0 Å². The second kappa shape index (κ2) is 5.98. The molecule has 0 aromatic carbocycles. The van der Waals surface area contributed by atoms with Crippen molar-refractivity contribution < 1.29 is 4.79 Å². The number of hydrogen-bond donors (Lipinski definition) is 1. The minimum Gasteiger partial charge on any atom is -0.349 e. The van der Waals surface area contributed by atoms with Crippen molar-refractivity contribution >= 4 is 28.6 Å². The molecule has 0 saturated carbocycles. The van der Waals surface area contributed by atoms with Gasteiger partial charge in [0.05, 0.1) is 6.04 Å². The Balaban J connectivity index is 1.77. The number of nitrogens with one attached hydrogen (secondary N) is 1. The summed E-state index contributed by atoms with van der Waals surface area (Å²) in [6, 6.07) is 6.24. The fourth-order valence-electron chi connectivity index (χ4n) is 1.62. The van der Waals surface area contributed by atoms with Gasteiger partial charge in [-0.25, -0.2) is 0 Å². The lowest BCUT2D eigenvalue weighted by Gasteiger charge is -2.11. The Kier molecular flexibility index (Phi) is 4.34. The highest BCUT2D eigenvalue weighted by atomic mass is 32.1. The molecule has 0 bridgehead atoms. The average Bonchev–Trinajstić information content (AvgIpc) is 2.99. The van der Waals surface area contributed by atoms with Crippen molar-refractivity contribution in [2.75, 3.05) is 0 Å².